The third-order valence-electron chi connectivity index (χ3n) is 2.72. The lowest BCUT2D eigenvalue weighted by atomic mass is 10.2. The Morgan fingerprint density at radius 3 is 2.58 bits per heavy atom. The molecule has 0 aliphatic carbocycles. The zero-order valence-corrected chi connectivity index (χ0v) is 12.6. The molecule has 3 heteroatoms. The van der Waals surface area contributed by atoms with Gasteiger partial charge in [-0.3, -0.25) is 0 Å². The number of benzene rings is 2. The van der Waals surface area contributed by atoms with E-state index in [1.807, 2.05) is 36.4 Å². The summed E-state index contributed by atoms with van der Waals surface area (Å²) in [6.45, 7) is 4.09. The summed E-state index contributed by atoms with van der Waals surface area (Å²) in [4.78, 5) is 0. The minimum atomic E-state index is 0.838. The van der Waals surface area contributed by atoms with Crippen molar-refractivity contribution >= 4 is 15.9 Å². The molecular formula is C16H18BrNO. The molecule has 0 fully saturated rings. The molecule has 0 spiro atoms. The van der Waals surface area contributed by atoms with Crippen LogP contribution >= 0.6 is 15.9 Å². The summed E-state index contributed by atoms with van der Waals surface area (Å²) >= 11 is 3.56. The van der Waals surface area contributed by atoms with E-state index in [0.29, 0.717) is 0 Å². The van der Waals surface area contributed by atoms with Crippen LogP contribution in [0.15, 0.2) is 53.0 Å². The first-order valence-corrected chi connectivity index (χ1v) is 7.31. The zero-order chi connectivity index (χ0) is 13.5. The molecule has 19 heavy (non-hydrogen) atoms. The van der Waals surface area contributed by atoms with E-state index in [9.17, 15) is 0 Å². The predicted molar refractivity (Wildman–Crippen MR) is 82.7 cm³/mol. The van der Waals surface area contributed by atoms with E-state index in [1.165, 1.54) is 5.56 Å². The summed E-state index contributed by atoms with van der Waals surface area (Å²) in [5.74, 6) is 1.69. The minimum Gasteiger partial charge on any atom is -0.456 e. The molecule has 2 aromatic rings. The number of para-hydroxylation sites is 1. The fourth-order valence-electron chi connectivity index (χ4n) is 1.76. The van der Waals surface area contributed by atoms with Gasteiger partial charge in [0, 0.05) is 6.54 Å². The molecule has 1 N–H and O–H groups in total. The van der Waals surface area contributed by atoms with Crippen molar-refractivity contribution in [3.8, 4) is 11.5 Å². The Hall–Kier alpha value is -1.32. The van der Waals surface area contributed by atoms with Crippen molar-refractivity contribution in [1.29, 1.82) is 0 Å². The van der Waals surface area contributed by atoms with E-state index in [0.717, 1.165) is 35.5 Å². The van der Waals surface area contributed by atoms with Crippen molar-refractivity contribution in [2.75, 3.05) is 6.54 Å². The van der Waals surface area contributed by atoms with Crippen molar-refractivity contribution in [3.63, 3.8) is 0 Å². The molecule has 0 saturated heterocycles. The summed E-state index contributed by atoms with van der Waals surface area (Å²) in [5.41, 5.74) is 1.25. The maximum absolute atomic E-state index is 5.82. The summed E-state index contributed by atoms with van der Waals surface area (Å²) in [6.07, 6.45) is 1.15. The highest BCUT2D eigenvalue weighted by atomic mass is 79.9. The molecule has 0 atom stereocenters. The lowest BCUT2D eigenvalue weighted by Crippen LogP contribution is -2.13. The largest absolute Gasteiger partial charge is 0.456 e. The van der Waals surface area contributed by atoms with E-state index < -0.39 is 0 Å². The first-order valence-electron chi connectivity index (χ1n) is 6.51. The quantitative estimate of drug-likeness (QED) is 0.776. The summed E-state index contributed by atoms with van der Waals surface area (Å²) in [7, 11) is 0. The number of rotatable bonds is 6. The SMILES string of the molecule is CCCNCc1ccc(Oc2ccccc2)c(Br)c1. The van der Waals surface area contributed by atoms with E-state index in [4.69, 9.17) is 4.74 Å². The fraction of sp³-hybridized carbons (Fsp3) is 0.250. The average Bonchev–Trinajstić information content (AvgIpc) is 2.43. The van der Waals surface area contributed by atoms with Gasteiger partial charge in [-0.2, -0.15) is 0 Å². The molecule has 0 aromatic heterocycles. The van der Waals surface area contributed by atoms with Gasteiger partial charge >= 0.3 is 0 Å². The molecule has 2 rings (SSSR count). The number of hydrogen-bond donors (Lipinski definition) is 1. The van der Waals surface area contributed by atoms with Crippen molar-refractivity contribution in [2.24, 2.45) is 0 Å². The number of hydrogen-bond acceptors (Lipinski definition) is 2. The van der Waals surface area contributed by atoms with Crippen LogP contribution in [0.5, 0.6) is 11.5 Å². The fourth-order valence-corrected chi connectivity index (χ4v) is 2.27. The van der Waals surface area contributed by atoms with Crippen LogP contribution in [0, 0.1) is 0 Å². The Labute approximate surface area is 122 Å². The van der Waals surface area contributed by atoms with Gasteiger partial charge in [-0.1, -0.05) is 31.2 Å². The topological polar surface area (TPSA) is 21.3 Å². The van der Waals surface area contributed by atoms with Gasteiger partial charge in [0.2, 0.25) is 0 Å². The lowest BCUT2D eigenvalue weighted by molar-refractivity contribution is 0.479. The molecule has 100 valence electrons. The van der Waals surface area contributed by atoms with Gasteiger partial charge in [0.25, 0.3) is 0 Å². The van der Waals surface area contributed by atoms with Crippen molar-refractivity contribution in [1.82, 2.24) is 5.32 Å². The second-order valence-corrected chi connectivity index (χ2v) is 5.21. The van der Waals surface area contributed by atoms with Crippen molar-refractivity contribution in [2.45, 2.75) is 19.9 Å². The molecule has 0 heterocycles. The number of halogens is 1. The van der Waals surface area contributed by atoms with Crippen LogP contribution in [0.1, 0.15) is 18.9 Å². The normalized spacial score (nSPS) is 10.4. The Morgan fingerprint density at radius 2 is 1.89 bits per heavy atom. The van der Waals surface area contributed by atoms with Gasteiger partial charge in [-0.15, -0.1) is 0 Å². The Balaban J connectivity index is 2.03. The molecule has 0 aliphatic heterocycles. The zero-order valence-electron chi connectivity index (χ0n) is 11.0. The van der Waals surface area contributed by atoms with Gasteiger partial charge < -0.3 is 10.1 Å². The molecule has 0 aliphatic rings. The summed E-state index contributed by atoms with van der Waals surface area (Å²) in [6, 6.07) is 16.0. The van der Waals surface area contributed by atoms with Gasteiger partial charge in [0.15, 0.2) is 0 Å². The molecule has 2 nitrogen and oxygen atoms in total. The van der Waals surface area contributed by atoms with Crippen LogP contribution in [0.4, 0.5) is 0 Å². The van der Waals surface area contributed by atoms with Crippen LogP contribution < -0.4 is 10.1 Å². The lowest BCUT2D eigenvalue weighted by Gasteiger charge is -2.10. The molecule has 0 saturated carbocycles. The smallest absolute Gasteiger partial charge is 0.141 e. The monoisotopic (exact) mass is 319 g/mol. The highest BCUT2D eigenvalue weighted by molar-refractivity contribution is 9.10. The minimum absolute atomic E-state index is 0.838. The summed E-state index contributed by atoms with van der Waals surface area (Å²) in [5, 5.41) is 3.39. The van der Waals surface area contributed by atoms with Gasteiger partial charge in [0.1, 0.15) is 11.5 Å². The van der Waals surface area contributed by atoms with E-state index in [1.54, 1.807) is 0 Å². The van der Waals surface area contributed by atoms with Gasteiger partial charge in [-0.25, -0.2) is 0 Å². The maximum Gasteiger partial charge on any atom is 0.141 e. The first kappa shape index (κ1) is 14.1. The second-order valence-electron chi connectivity index (χ2n) is 4.36. The van der Waals surface area contributed by atoms with Crippen LogP contribution in [0.3, 0.4) is 0 Å². The predicted octanol–water partition coefficient (Wildman–Crippen LogP) is 4.74. The molecule has 0 unspecified atom stereocenters. The average molecular weight is 320 g/mol. The Morgan fingerprint density at radius 1 is 1.11 bits per heavy atom. The Kier molecular flexibility index (Phi) is 5.43. The summed E-state index contributed by atoms with van der Waals surface area (Å²) < 4.78 is 6.80. The van der Waals surface area contributed by atoms with Gasteiger partial charge in [-0.05, 0) is 58.7 Å². The van der Waals surface area contributed by atoms with Crippen molar-refractivity contribution < 1.29 is 4.74 Å². The van der Waals surface area contributed by atoms with Gasteiger partial charge in [0.05, 0.1) is 4.47 Å². The third kappa shape index (κ3) is 4.37. The highest BCUT2D eigenvalue weighted by Gasteiger charge is 2.03. The van der Waals surface area contributed by atoms with Crippen LogP contribution in [-0.4, -0.2) is 6.54 Å². The standard InChI is InChI=1S/C16H18BrNO/c1-2-10-18-12-13-8-9-16(15(17)11-13)19-14-6-4-3-5-7-14/h3-9,11,18H,2,10,12H2,1H3. The molecule has 2 aromatic carbocycles. The number of nitrogens with one attached hydrogen (secondary N) is 1. The van der Waals surface area contributed by atoms with Crippen molar-refractivity contribution in [3.05, 3.63) is 58.6 Å². The van der Waals surface area contributed by atoms with E-state index in [2.05, 4.69) is 40.3 Å². The first-order chi connectivity index (χ1) is 9.29. The van der Waals surface area contributed by atoms with E-state index in [-0.39, 0.29) is 0 Å². The van der Waals surface area contributed by atoms with Crippen LogP contribution in [0.2, 0.25) is 0 Å². The second kappa shape index (κ2) is 7.31. The Bertz CT molecular complexity index is 513. The maximum atomic E-state index is 5.82. The molecule has 0 bridgehead atoms. The molecule has 0 amide bonds. The van der Waals surface area contributed by atoms with E-state index >= 15 is 0 Å². The van der Waals surface area contributed by atoms with Crippen LogP contribution in [-0.2, 0) is 6.54 Å². The number of ether oxygens (including phenoxy) is 1. The third-order valence-corrected chi connectivity index (χ3v) is 3.34. The molecular weight excluding hydrogens is 302 g/mol. The molecule has 0 radical (unpaired) electrons. The van der Waals surface area contributed by atoms with Crippen LogP contribution in [0.25, 0.3) is 0 Å². The highest BCUT2D eigenvalue weighted by Crippen LogP contribution is 2.30.